The summed E-state index contributed by atoms with van der Waals surface area (Å²) in [5, 5.41) is 2.99. The average Bonchev–Trinajstić information content (AvgIpc) is 3.14. The van der Waals surface area contributed by atoms with E-state index in [4.69, 9.17) is 14.2 Å². The van der Waals surface area contributed by atoms with E-state index < -0.39 is 0 Å². The molecule has 1 aromatic carbocycles. The number of benzene rings is 1. The standard InChI is InChI=1S/C14H12N4O3/c1-15-12-7-18-5-4-16-13(18)14(17-12)21-9-2-3-10-11(6-9)20-8-19-10/h2-7,15H,8H2,1H3. The topological polar surface area (TPSA) is 69.9 Å². The van der Waals surface area contributed by atoms with Crippen LogP contribution in [0.5, 0.6) is 23.1 Å². The highest BCUT2D eigenvalue weighted by Crippen LogP contribution is 2.36. The Morgan fingerprint density at radius 3 is 3.10 bits per heavy atom. The normalized spacial score (nSPS) is 12.6. The molecule has 0 radical (unpaired) electrons. The van der Waals surface area contributed by atoms with Gasteiger partial charge in [-0.2, -0.15) is 4.98 Å². The van der Waals surface area contributed by atoms with Crippen LogP contribution in [0.2, 0.25) is 0 Å². The number of fused-ring (bicyclic) bond motifs is 2. The fourth-order valence-corrected chi connectivity index (χ4v) is 2.14. The third-order valence-corrected chi connectivity index (χ3v) is 3.16. The molecule has 0 fully saturated rings. The van der Waals surface area contributed by atoms with Crippen molar-refractivity contribution in [1.82, 2.24) is 14.4 Å². The number of nitrogens with one attached hydrogen (secondary N) is 1. The first-order valence-corrected chi connectivity index (χ1v) is 6.42. The maximum absolute atomic E-state index is 5.85. The van der Waals surface area contributed by atoms with E-state index in [9.17, 15) is 0 Å². The quantitative estimate of drug-likeness (QED) is 0.795. The first-order chi connectivity index (χ1) is 10.3. The van der Waals surface area contributed by atoms with Crippen LogP contribution in [0.4, 0.5) is 5.82 Å². The lowest BCUT2D eigenvalue weighted by molar-refractivity contribution is 0.174. The molecule has 2 aromatic heterocycles. The van der Waals surface area contributed by atoms with Crippen LogP contribution >= 0.6 is 0 Å². The zero-order valence-corrected chi connectivity index (χ0v) is 11.2. The molecule has 1 N–H and O–H groups in total. The highest BCUT2D eigenvalue weighted by molar-refractivity contribution is 5.56. The molecule has 1 aliphatic rings. The maximum atomic E-state index is 5.85. The summed E-state index contributed by atoms with van der Waals surface area (Å²) >= 11 is 0. The number of imidazole rings is 1. The number of hydrogen-bond acceptors (Lipinski definition) is 6. The zero-order valence-electron chi connectivity index (χ0n) is 11.2. The molecule has 0 saturated carbocycles. The van der Waals surface area contributed by atoms with E-state index in [2.05, 4.69) is 15.3 Å². The predicted molar refractivity (Wildman–Crippen MR) is 75.2 cm³/mol. The summed E-state index contributed by atoms with van der Waals surface area (Å²) in [6.45, 7) is 0.233. The van der Waals surface area contributed by atoms with Gasteiger partial charge in [0.15, 0.2) is 11.5 Å². The van der Waals surface area contributed by atoms with Crippen molar-refractivity contribution < 1.29 is 14.2 Å². The van der Waals surface area contributed by atoms with E-state index in [1.54, 1.807) is 25.4 Å². The molecule has 0 atom stereocenters. The highest BCUT2D eigenvalue weighted by atomic mass is 16.7. The van der Waals surface area contributed by atoms with Gasteiger partial charge >= 0.3 is 0 Å². The van der Waals surface area contributed by atoms with Crippen LogP contribution in [0, 0.1) is 0 Å². The molecule has 0 bridgehead atoms. The van der Waals surface area contributed by atoms with Gasteiger partial charge in [-0.15, -0.1) is 0 Å². The van der Waals surface area contributed by atoms with Crippen molar-refractivity contribution >= 4 is 11.5 Å². The summed E-state index contributed by atoms with van der Waals surface area (Å²) in [6, 6.07) is 5.39. The van der Waals surface area contributed by atoms with E-state index in [0.717, 1.165) is 0 Å². The van der Waals surface area contributed by atoms with Gasteiger partial charge in [0.1, 0.15) is 11.6 Å². The second kappa shape index (κ2) is 4.55. The van der Waals surface area contributed by atoms with Crippen LogP contribution in [0.15, 0.2) is 36.8 Å². The van der Waals surface area contributed by atoms with E-state index in [-0.39, 0.29) is 6.79 Å². The van der Waals surface area contributed by atoms with Crippen LogP contribution < -0.4 is 19.5 Å². The monoisotopic (exact) mass is 284 g/mol. The fourth-order valence-electron chi connectivity index (χ4n) is 2.14. The summed E-state index contributed by atoms with van der Waals surface area (Å²) in [5.74, 6) is 3.11. The van der Waals surface area contributed by atoms with Gasteiger partial charge in [-0.05, 0) is 12.1 Å². The second-order valence-electron chi connectivity index (χ2n) is 4.46. The lowest BCUT2D eigenvalue weighted by Crippen LogP contribution is -1.99. The van der Waals surface area contributed by atoms with Crippen molar-refractivity contribution in [3.05, 3.63) is 36.8 Å². The Kier molecular flexibility index (Phi) is 2.56. The molecule has 7 heteroatoms. The minimum absolute atomic E-state index is 0.233. The number of anilines is 1. The van der Waals surface area contributed by atoms with Crippen molar-refractivity contribution in [2.45, 2.75) is 0 Å². The molecule has 0 amide bonds. The molecule has 3 heterocycles. The van der Waals surface area contributed by atoms with Gasteiger partial charge in [-0.25, -0.2) is 4.98 Å². The first kappa shape index (κ1) is 11.8. The van der Waals surface area contributed by atoms with Gasteiger partial charge in [-0.1, -0.05) is 0 Å². The Balaban J connectivity index is 1.75. The SMILES string of the molecule is CNc1cn2ccnc2c(Oc2ccc3c(c2)OCO3)n1. The van der Waals surface area contributed by atoms with Gasteiger partial charge in [0.05, 0.1) is 6.20 Å². The summed E-state index contributed by atoms with van der Waals surface area (Å²) in [4.78, 5) is 8.65. The third-order valence-electron chi connectivity index (χ3n) is 3.16. The van der Waals surface area contributed by atoms with Crippen molar-refractivity contribution in [1.29, 1.82) is 0 Å². The molecule has 0 aliphatic carbocycles. The number of hydrogen-bond donors (Lipinski definition) is 1. The fraction of sp³-hybridized carbons (Fsp3) is 0.143. The van der Waals surface area contributed by atoms with Crippen LogP contribution in [0.25, 0.3) is 5.65 Å². The smallest absolute Gasteiger partial charge is 0.265 e. The molecule has 106 valence electrons. The summed E-state index contributed by atoms with van der Waals surface area (Å²) < 4.78 is 18.3. The van der Waals surface area contributed by atoms with Crippen LogP contribution in [0.1, 0.15) is 0 Å². The predicted octanol–water partition coefficient (Wildman–Crippen LogP) is 2.29. The molecule has 4 rings (SSSR count). The lowest BCUT2D eigenvalue weighted by Gasteiger charge is -2.09. The largest absolute Gasteiger partial charge is 0.454 e. The van der Waals surface area contributed by atoms with E-state index in [1.807, 2.05) is 22.9 Å². The van der Waals surface area contributed by atoms with Crippen molar-refractivity contribution in [2.75, 3.05) is 19.2 Å². The molecular formula is C14H12N4O3. The van der Waals surface area contributed by atoms with Gasteiger partial charge in [-0.3, -0.25) is 4.40 Å². The average molecular weight is 284 g/mol. The van der Waals surface area contributed by atoms with Gasteiger partial charge < -0.3 is 19.5 Å². The van der Waals surface area contributed by atoms with E-state index in [1.165, 1.54) is 0 Å². The van der Waals surface area contributed by atoms with Gasteiger partial charge in [0.25, 0.3) is 5.88 Å². The Morgan fingerprint density at radius 1 is 1.29 bits per heavy atom. The van der Waals surface area contributed by atoms with Crippen LogP contribution in [-0.4, -0.2) is 28.2 Å². The second-order valence-corrected chi connectivity index (χ2v) is 4.46. The van der Waals surface area contributed by atoms with Crippen molar-refractivity contribution in [3.8, 4) is 23.1 Å². The lowest BCUT2D eigenvalue weighted by atomic mass is 10.3. The molecule has 3 aromatic rings. The molecular weight excluding hydrogens is 272 g/mol. The van der Waals surface area contributed by atoms with Gasteiger partial charge in [0, 0.05) is 25.5 Å². The maximum Gasteiger partial charge on any atom is 0.265 e. The molecule has 7 nitrogen and oxygen atoms in total. The molecule has 0 unspecified atom stereocenters. The van der Waals surface area contributed by atoms with Crippen molar-refractivity contribution in [2.24, 2.45) is 0 Å². The Labute approximate surface area is 120 Å². The third kappa shape index (κ3) is 1.99. The highest BCUT2D eigenvalue weighted by Gasteiger charge is 2.15. The zero-order chi connectivity index (χ0) is 14.2. The first-order valence-electron chi connectivity index (χ1n) is 6.42. The number of nitrogens with zero attached hydrogens (tertiary/aromatic N) is 3. The Bertz CT molecular complexity index is 815. The Hall–Kier alpha value is -2.96. The minimum Gasteiger partial charge on any atom is -0.454 e. The van der Waals surface area contributed by atoms with Crippen LogP contribution in [-0.2, 0) is 0 Å². The van der Waals surface area contributed by atoms with Crippen LogP contribution in [0.3, 0.4) is 0 Å². The van der Waals surface area contributed by atoms with E-state index >= 15 is 0 Å². The Morgan fingerprint density at radius 2 is 2.19 bits per heavy atom. The van der Waals surface area contributed by atoms with E-state index in [0.29, 0.717) is 34.6 Å². The van der Waals surface area contributed by atoms with Crippen molar-refractivity contribution in [3.63, 3.8) is 0 Å². The molecule has 0 spiro atoms. The molecule has 0 saturated heterocycles. The number of rotatable bonds is 3. The minimum atomic E-state index is 0.233. The number of aromatic nitrogens is 3. The summed E-state index contributed by atoms with van der Waals surface area (Å²) in [6.07, 6.45) is 5.38. The molecule has 1 aliphatic heterocycles. The molecule has 21 heavy (non-hydrogen) atoms. The summed E-state index contributed by atoms with van der Waals surface area (Å²) in [7, 11) is 1.80. The summed E-state index contributed by atoms with van der Waals surface area (Å²) in [5.41, 5.74) is 0.645. The van der Waals surface area contributed by atoms with Gasteiger partial charge in [0.2, 0.25) is 12.4 Å². The number of ether oxygens (including phenoxy) is 3.